The molecule has 1 fully saturated rings. The lowest BCUT2D eigenvalue weighted by molar-refractivity contribution is -0.147. The molecule has 0 radical (unpaired) electrons. The smallest absolute Gasteiger partial charge is 0.336 e. The highest BCUT2D eigenvalue weighted by atomic mass is 31.2. The number of hydrogen-bond donors (Lipinski definition) is 3. The van der Waals surface area contributed by atoms with Gasteiger partial charge < -0.3 is 20.7 Å². The number of rotatable bonds is 3. The predicted octanol–water partition coefficient (Wildman–Crippen LogP) is 1.42. The van der Waals surface area contributed by atoms with E-state index in [2.05, 4.69) is 0 Å². The van der Waals surface area contributed by atoms with Crippen molar-refractivity contribution in [3.8, 4) is 0 Å². The highest BCUT2D eigenvalue weighted by molar-refractivity contribution is 7.52. The quantitative estimate of drug-likeness (QED) is 0.508. The fourth-order valence-corrected chi connectivity index (χ4v) is 1.99. The second-order valence-corrected chi connectivity index (χ2v) is 5.22. The maximum Gasteiger partial charge on any atom is 0.336 e. The van der Waals surface area contributed by atoms with Crippen LogP contribution in [0.5, 0.6) is 0 Å². The van der Waals surface area contributed by atoms with Crippen molar-refractivity contribution in [2.24, 2.45) is 0 Å². The van der Waals surface area contributed by atoms with Crippen molar-refractivity contribution in [1.82, 2.24) is 6.15 Å². The van der Waals surface area contributed by atoms with Crippen molar-refractivity contribution in [3.63, 3.8) is 0 Å². The summed E-state index contributed by atoms with van der Waals surface area (Å²) >= 11 is 0. The average Bonchev–Trinajstić information content (AvgIpc) is 2.02. The summed E-state index contributed by atoms with van der Waals surface area (Å²) < 4.78 is 15.4. The number of carbonyl (C=O) groups excluding carboxylic acids is 1. The molecule has 6 nitrogen and oxygen atoms in total. The minimum atomic E-state index is -4.26. The predicted molar refractivity (Wildman–Crippen MR) is 55.9 cm³/mol. The average molecular weight is 240 g/mol. The van der Waals surface area contributed by atoms with Crippen molar-refractivity contribution < 1.29 is 23.9 Å². The molecule has 7 heteroatoms. The summed E-state index contributed by atoms with van der Waals surface area (Å²) in [5, 5.41) is 0. The molecule has 15 heavy (non-hydrogen) atoms. The zero-order valence-electron chi connectivity index (χ0n) is 8.89. The van der Waals surface area contributed by atoms with Crippen molar-refractivity contribution in [2.75, 3.05) is 6.16 Å². The lowest BCUT2D eigenvalue weighted by atomic mass is 9.98. The molecule has 0 aromatic rings. The third-order valence-electron chi connectivity index (χ3n) is 2.19. The van der Waals surface area contributed by atoms with E-state index in [1.807, 2.05) is 0 Å². The van der Waals surface area contributed by atoms with Gasteiger partial charge in [-0.3, -0.25) is 9.36 Å². The molecule has 1 saturated carbocycles. The van der Waals surface area contributed by atoms with E-state index in [4.69, 9.17) is 14.5 Å². The largest absolute Gasteiger partial charge is 0.462 e. The Morgan fingerprint density at radius 2 is 1.80 bits per heavy atom. The number of esters is 1. The lowest BCUT2D eigenvalue weighted by Crippen LogP contribution is -2.22. The maximum atomic E-state index is 11.0. The molecular weight excluding hydrogens is 221 g/mol. The molecule has 0 heterocycles. The molecule has 0 aromatic carbocycles. The van der Waals surface area contributed by atoms with Gasteiger partial charge in [0.1, 0.15) is 12.3 Å². The molecule has 1 aliphatic rings. The van der Waals surface area contributed by atoms with Gasteiger partial charge >= 0.3 is 13.6 Å². The van der Waals surface area contributed by atoms with Gasteiger partial charge in [-0.1, -0.05) is 6.42 Å². The summed E-state index contributed by atoms with van der Waals surface area (Å²) in [6.07, 6.45) is 3.88. The Bertz CT molecular complexity index is 245. The van der Waals surface area contributed by atoms with Gasteiger partial charge in [0.05, 0.1) is 0 Å². The van der Waals surface area contributed by atoms with E-state index in [9.17, 15) is 9.36 Å². The van der Waals surface area contributed by atoms with Crippen LogP contribution < -0.4 is 6.15 Å². The Kier molecular flexibility index (Phi) is 6.05. The molecule has 90 valence electrons. The maximum absolute atomic E-state index is 11.0. The molecule has 1 aliphatic carbocycles. The van der Waals surface area contributed by atoms with E-state index in [1.54, 1.807) is 0 Å². The Morgan fingerprint density at radius 1 is 1.27 bits per heavy atom. The third-order valence-corrected chi connectivity index (χ3v) is 2.86. The first-order valence-corrected chi connectivity index (χ1v) is 6.51. The summed E-state index contributed by atoms with van der Waals surface area (Å²) in [5.41, 5.74) is 0. The van der Waals surface area contributed by atoms with Crippen LogP contribution in [0.1, 0.15) is 32.1 Å². The van der Waals surface area contributed by atoms with Gasteiger partial charge in [0.25, 0.3) is 0 Å². The molecule has 0 spiro atoms. The minimum Gasteiger partial charge on any atom is -0.462 e. The zero-order chi connectivity index (χ0) is 10.6. The van der Waals surface area contributed by atoms with E-state index in [0.29, 0.717) is 0 Å². The van der Waals surface area contributed by atoms with E-state index >= 15 is 0 Å². The molecule has 0 bridgehead atoms. The van der Waals surface area contributed by atoms with Crippen LogP contribution in [-0.2, 0) is 14.1 Å². The molecule has 0 atom stereocenters. The number of carbonyl (C=O) groups is 1. The van der Waals surface area contributed by atoms with Gasteiger partial charge in [0.2, 0.25) is 0 Å². The van der Waals surface area contributed by atoms with E-state index in [0.717, 1.165) is 32.1 Å². The Hall–Kier alpha value is -0.420. The topological polar surface area (TPSA) is 120 Å². The first-order chi connectivity index (χ1) is 6.47. The Morgan fingerprint density at radius 3 is 2.27 bits per heavy atom. The summed E-state index contributed by atoms with van der Waals surface area (Å²) in [6.45, 7) is 0. The molecule has 0 aliphatic heterocycles. The second-order valence-electron chi connectivity index (χ2n) is 3.57. The first-order valence-electron chi connectivity index (χ1n) is 4.71. The van der Waals surface area contributed by atoms with Crippen LogP contribution in [0, 0.1) is 0 Å². The van der Waals surface area contributed by atoms with E-state index in [-0.39, 0.29) is 12.3 Å². The van der Waals surface area contributed by atoms with Crippen molar-refractivity contribution in [2.45, 2.75) is 38.2 Å². The monoisotopic (exact) mass is 240 g/mol. The Labute approximate surface area is 88.8 Å². The van der Waals surface area contributed by atoms with Gasteiger partial charge in [-0.15, -0.1) is 0 Å². The SMILES string of the molecule is O=C(CP(=O)(O)O)OC1CCCCC1.[NH4+]. The van der Waals surface area contributed by atoms with Crippen LogP contribution in [-0.4, -0.2) is 28.0 Å². The van der Waals surface area contributed by atoms with Crippen molar-refractivity contribution >= 4 is 13.6 Å². The Balaban J connectivity index is 0.00000196. The summed E-state index contributed by atoms with van der Waals surface area (Å²) in [4.78, 5) is 28.1. The van der Waals surface area contributed by atoms with E-state index < -0.39 is 19.7 Å². The van der Waals surface area contributed by atoms with Crippen LogP contribution >= 0.6 is 7.60 Å². The molecule has 0 aromatic heterocycles. The highest BCUT2D eigenvalue weighted by Crippen LogP contribution is 2.34. The van der Waals surface area contributed by atoms with Crippen molar-refractivity contribution in [1.29, 1.82) is 0 Å². The zero-order valence-corrected chi connectivity index (χ0v) is 9.78. The number of ether oxygens (including phenoxy) is 1. The van der Waals surface area contributed by atoms with Crippen LogP contribution in [0.15, 0.2) is 0 Å². The molecular formula is C8H19NO5P+. The van der Waals surface area contributed by atoms with Gasteiger partial charge in [0.15, 0.2) is 0 Å². The normalized spacial score (nSPS) is 18.0. The summed E-state index contributed by atoms with van der Waals surface area (Å²) in [7, 11) is -4.26. The van der Waals surface area contributed by atoms with Crippen molar-refractivity contribution in [3.05, 3.63) is 0 Å². The van der Waals surface area contributed by atoms with Crippen LogP contribution in [0.25, 0.3) is 0 Å². The third kappa shape index (κ3) is 6.62. The summed E-state index contributed by atoms with van der Waals surface area (Å²) in [5.74, 6) is -0.787. The van der Waals surface area contributed by atoms with Gasteiger partial charge in [-0.25, -0.2) is 0 Å². The first kappa shape index (κ1) is 14.6. The summed E-state index contributed by atoms with van der Waals surface area (Å²) in [6, 6.07) is 0. The minimum absolute atomic E-state index is 0. The number of quaternary nitrogens is 1. The fourth-order valence-electron chi connectivity index (χ4n) is 1.57. The van der Waals surface area contributed by atoms with E-state index in [1.165, 1.54) is 0 Å². The second kappa shape index (κ2) is 6.23. The highest BCUT2D eigenvalue weighted by Gasteiger charge is 2.24. The lowest BCUT2D eigenvalue weighted by Gasteiger charge is -2.21. The fraction of sp³-hybridized carbons (Fsp3) is 0.875. The van der Waals surface area contributed by atoms with Crippen LogP contribution in [0.2, 0.25) is 0 Å². The van der Waals surface area contributed by atoms with Crippen LogP contribution in [0.4, 0.5) is 0 Å². The molecule has 0 saturated heterocycles. The standard InChI is InChI=1S/C8H15O5P.H3N/c9-8(6-14(10,11)12)13-7-4-2-1-3-5-7;/h7H,1-6H2,(H2,10,11,12);1H3/p+1. The molecule has 0 unspecified atom stereocenters. The molecule has 1 rings (SSSR count). The van der Waals surface area contributed by atoms with Gasteiger partial charge in [-0.2, -0.15) is 0 Å². The molecule has 0 amide bonds. The number of hydrogen-bond acceptors (Lipinski definition) is 3. The van der Waals surface area contributed by atoms with Crippen LogP contribution in [0.3, 0.4) is 0 Å². The van der Waals surface area contributed by atoms with Gasteiger partial charge in [0, 0.05) is 0 Å². The molecule has 6 N–H and O–H groups in total. The van der Waals surface area contributed by atoms with Gasteiger partial charge in [-0.05, 0) is 25.7 Å².